The summed E-state index contributed by atoms with van der Waals surface area (Å²) < 4.78 is 0. The summed E-state index contributed by atoms with van der Waals surface area (Å²) in [4.78, 5) is 6.55. The molecule has 0 spiro atoms. The van der Waals surface area contributed by atoms with Gasteiger partial charge in [-0.1, -0.05) is 18.4 Å². The van der Waals surface area contributed by atoms with Gasteiger partial charge in [-0.25, -0.2) is 0 Å². The summed E-state index contributed by atoms with van der Waals surface area (Å²) in [7, 11) is 0. The van der Waals surface area contributed by atoms with Crippen LogP contribution in [0.3, 0.4) is 0 Å². The van der Waals surface area contributed by atoms with Gasteiger partial charge in [-0.05, 0) is 31.0 Å². The maximum absolute atomic E-state index is 5.39. The summed E-state index contributed by atoms with van der Waals surface area (Å²) in [6.07, 6.45) is 12.9. The first-order valence-electron chi connectivity index (χ1n) is 5.49. The van der Waals surface area contributed by atoms with E-state index in [0.717, 1.165) is 13.1 Å². The fourth-order valence-corrected chi connectivity index (χ4v) is 2.25. The van der Waals surface area contributed by atoms with E-state index in [1.54, 1.807) is 0 Å². The van der Waals surface area contributed by atoms with Crippen LogP contribution in [-0.4, -0.2) is 23.0 Å². The molecule has 1 aliphatic heterocycles. The van der Waals surface area contributed by atoms with Gasteiger partial charge >= 0.3 is 0 Å². The zero-order valence-corrected chi connectivity index (χ0v) is 8.89. The SMILES string of the molecule is C#CCN1CCCCC1c1cccnc1. The predicted octanol–water partition coefficient (Wildman–Crippen LogP) is 2.24. The molecule has 1 saturated heterocycles. The number of pyridine rings is 1. The second kappa shape index (κ2) is 4.95. The summed E-state index contributed by atoms with van der Waals surface area (Å²) >= 11 is 0. The molecule has 2 heteroatoms. The minimum atomic E-state index is 0.475. The van der Waals surface area contributed by atoms with Gasteiger partial charge in [-0.15, -0.1) is 6.42 Å². The molecule has 1 fully saturated rings. The first-order chi connectivity index (χ1) is 7.42. The lowest BCUT2D eigenvalue weighted by molar-refractivity contribution is 0.169. The van der Waals surface area contributed by atoms with Crippen molar-refractivity contribution in [2.75, 3.05) is 13.1 Å². The second-order valence-electron chi connectivity index (χ2n) is 3.97. The van der Waals surface area contributed by atoms with Crippen LogP contribution in [0, 0.1) is 12.3 Å². The van der Waals surface area contributed by atoms with Gasteiger partial charge in [0.25, 0.3) is 0 Å². The molecular weight excluding hydrogens is 184 g/mol. The Labute approximate surface area is 91.3 Å². The van der Waals surface area contributed by atoms with Crippen LogP contribution in [0.5, 0.6) is 0 Å². The van der Waals surface area contributed by atoms with Crippen molar-refractivity contribution in [1.82, 2.24) is 9.88 Å². The van der Waals surface area contributed by atoms with E-state index >= 15 is 0 Å². The van der Waals surface area contributed by atoms with Crippen LogP contribution in [-0.2, 0) is 0 Å². The molecule has 1 atom stereocenters. The third-order valence-electron chi connectivity index (χ3n) is 2.98. The minimum absolute atomic E-state index is 0.475. The molecule has 1 aromatic heterocycles. The number of hydrogen-bond acceptors (Lipinski definition) is 2. The number of hydrogen-bond donors (Lipinski definition) is 0. The van der Waals surface area contributed by atoms with Gasteiger partial charge in [0, 0.05) is 18.4 Å². The van der Waals surface area contributed by atoms with Gasteiger partial charge in [0.05, 0.1) is 6.54 Å². The average molecular weight is 200 g/mol. The highest BCUT2D eigenvalue weighted by Crippen LogP contribution is 2.29. The third-order valence-corrected chi connectivity index (χ3v) is 2.98. The number of nitrogens with zero attached hydrogens (tertiary/aromatic N) is 2. The highest BCUT2D eigenvalue weighted by Gasteiger charge is 2.22. The maximum atomic E-state index is 5.39. The maximum Gasteiger partial charge on any atom is 0.0604 e. The number of piperidine rings is 1. The lowest BCUT2D eigenvalue weighted by Gasteiger charge is -2.34. The van der Waals surface area contributed by atoms with Gasteiger partial charge in [0.1, 0.15) is 0 Å². The Morgan fingerprint density at radius 2 is 2.47 bits per heavy atom. The van der Waals surface area contributed by atoms with Gasteiger partial charge < -0.3 is 0 Å². The van der Waals surface area contributed by atoms with Gasteiger partial charge in [0.2, 0.25) is 0 Å². The first kappa shape index (κ1) is 10.2. The fraction of sp³-hybridized carbons (Fsp3) is 0.462. The van der Waals surface area contributed by atoms with Gasteiger partial charge in [-0.3, -0.25) is 9.88 Å². The topological polar surface area (TPSA) is 16.1 Å². The summed E-state index contributed by atoms with van der Waals surface area (Å²) in [6, 6.07) is 4.62. The van der Waals surface area contributed by atoms with Crippen molar-refractivity contribution in [2.45, 2.75) is 25.3 Å². The van der Waals surface area contributed by atoms with E-state index in [2.05, 4.69) is 21.9 Å². The lowest BCUT2D eigenvalue weighted by Crippen LogP contribution is -2.33. The molecule has 2 heterocycles. The molecule has 0 amide bonds. The lowest BCUT2D eigenvalue weighted by atomic mass is 9.96. The first-order valence-corrected chi connectivity index (χ1v) is 5.49. The quantitative estimate of drug-likeness (QED) is 0.681. The van der Waals surface area contributed by atoms with Crippen LogP contribution < -0.4 is 0 Å². The van der Waals surface area contributed by atoms with Gasteiger partial charge in [-0.2, -0.15) is 0 Å². The standard InChI is InChI=1S/C13H16N2/c1-2-9-15-10-4-3-7-13(15)12-6-5-8-14-11-12/h1,5-6,8,11,13H,3-4,7,9-10H2. The van der Waals surface area contributed by atoms with Crippen molar-refractivity contribution in [1.29, 1.82) is 0 Å². The molecule has 78 valence electrons. The Morgan fingerprint density at radius 1 is 1.53 bits per heavy atom. The highest BCUT2D eigenvalue weighted by molar-refractivity contribution is 5.15. The summed E-state index contributed by atoms with van der Waals surface area (Å²) in [5, 5.41) is 0. The van der Waals surface area contributed by atoms with Crippen molar-refractivity contribution < 1.29 is 0 Å². The number of rotatable bonds is 2. The average Bonchev–Trinajstić information content (AvgIpc) is 2.31. The van der Waals surface area contributed by atoms with E-state index in [-0.39, 0.29) is 0 Å². The molecule has 1 aliphatic rings. The van der Waals surface area contributed by atoms with Crippen LogP contribution in [0.1, 0.15) is 30.9 Å². The molecule has 15 heavy (non-hydrogen) atoms. The smallest absolute Gasteiger partial charge is 0.0604 e. The van der Waals surface area contributed by atoms with Crippen LogP contribution >= 0.6 is 0 Å². The highest BCUT2D eigenvalue weighted by atomic mass is 15.2. The third kappa shape index (κ3) is 2.37. The Hall–Kier alpha value is -1.33. The monoisotopic (exact) mass is 200 g/mol. The molecule has 0 aromatic carbocycles. The normalized spacial score (nSPS) is 22.2. The Bertz CT molecular complexity index is 339. The van der Waals surface area contributed by atoms with Gasteiger partial charge in [0.15, 0.2) is 0 Å². The Kier molecular flexibility index (Phi) is 3.37. The molecule has 2 rings (SSSR count). The van der Waals surface area contributed by atoms with E-state index in [0.29, 0.717) is 6.04 Å². The zero-order valence-electron chi connectivity index (χ0n) is 8.89. The van der Waals surface area contributed by atoms with E-state index in [1.807, 2.05) is 18.5 Å². The van der Waals surface area contributed by atoms with Crippen LogP contribution in [0.2, 0.25) is 0 Å². The van der Waals surface area contributed by atoms with Crippen molar-refractivity contribution in [3.8, 4) is 12.3 Å². The molecule has 0 bridgehead atoms. The molecule has 1 unspecified atom stereocenters. The van der Waals surface area contributed by atoms with Crippen molar-refractivity contribution >= 4 is 0 Å². The van der Waals surface area contributed by atoms with E-state index < -0.39 is 0 Å². The summed E-state index contributed by atoms with van der Waals surface area (Å²) in [5.74, 6) is 2.74. The molecule has 0 N–H and O–H groups in total. The van der Waals surface area contributed by atoms with Crippen molar-refractivity contribution in [2.24, 2.45) is 0 Å². The molecule has 0 aliphatic carbocycles. The molecule has 1 aromatic rings. The van der Waals surface area contributed by atoms with Crippen molar-refractivity contribution in [3.05, 3.63) is 30.1 Å². The summed E-state index contributed by atoms with van der Waals surface area (Å²) in [6.45, 7) is 1.86. The Morgan fingerprint density at radius 3 is 3.20 bits per heavy atom. The van der Waals surface area contributed by atoms with Crippen LogP contribution in [0.15, 0.2) is 24.5 Å². The fourth-order valence-electron chi connectivity index (χ4n) is 2.25. The number of terminal acetylenes is 1. The van der Waals surface area contributed by atoms with E-state index in [1.165, 1.54) is 24.8 Å². The molecule has 0 radical (unpaired) electrons. The van der Waals surface area contributed by atoms with E-state index in [9.17, 15) is 0 Å². The second-order valence-corrected chi connectivity index (χ2v) is 3.97. The van der Waals surface area contributed by atoms with Crippen LogP contribution in [0.4, 0.5) is 0 Å². The minimum Gasteiger partial charge on any atom is -0.285 e. The number of likely N-dealkylation sites (tertiary alicyclic amines) is 1. The van der Waals surface area contributed by atoms with Crippen molar-refractivity contribution in [3.63, 3.8) is 0 Å². The molecule has 0 saturated carbocycles. The number of aromatic nitrogens is 1. The molecule has 2 nitrogen and oxygen atoms in total. The predicted molar refractivity (Wildman–Crippen MR) is 61.2 cm³/mol. The largest absolute Gasteiger partial charge is 0.285 e. The summed E-state index contributed by atoms with van der Waals surface area (Å²) in [5.41, 5.74) is 1.30. The molecular formula is C13H16N2. The zero-order chi connectivity index (χ0) is 10.5. The van der Waals surface area contributed by atoms with Crippen LogP contribution in [0.25, 0.3) is 0 Å². The van der Waals surface area contributed by atoms with E-state index in [4.69, 9.17) is 6.42 Å². The Balaban J connectivity index is 2.15.